The molecule has 0 atom stereocenters. The Kier molecular flexibility index (Phi) is 5.08. The number of aromatic nitrogens is 1. The molecule has 0 saturated heterocycles. The molecule has 1 aromatic heterocycles. The van der Waals surface area contributed by atoms with Crippen LogP contribution < -0.4 is 5.32 Å². The quantitative estimate of drug-likeness (QED) is 0.595. The van der Waals surface area contributed by atoms with Crippen LogP contribution in [0.4, 0.5) is 14.5 Å². The number of nitrogens with one attached hydrogen (secondary N) is 1. The van der Waals surface area contributed by atoms with Gasteiger partial charge in [0.05, 0.1) is 10.7 Å². The molecule has 0 aliphatic rings. The van der Waals surface area contributed by atoms with Crippen molar-refractivity contribution in [1.29, 1.82) is 5.26 Å². The normalized spacial score (nSPS) is 11.2. The fourth-order valence-corrected chi connectivity index (χ4v) is 3.01. The van der Waals surface area contributed by atoms with E-state index >= 15 is 0 Å². The van der Waals surface area contributed by atoms with Gasteiger partial charge in [0.1, 0.15) is 28.3 Å². The average molecular weight is 374 g/mol. The molecule has 7 heteroatoms. The second-order valence-corrected chi connectivity index (χ2v) is 6.25. The molecule has 1 N–H and O–H groups in total. The van der Waals surface area contributed by atoms with Crippen molar-refractivity contribution in [2.75, 3.05) is 5.32 Å². The Morgan fingerprint density at radius 2 is 1.96 bits per heavy atom. The molecule has 3 aromatic rings. The van der Waals surface area contributed by atoms with Crippen LogP contribution in [-0.4, -0.2) is 4.98 Å². The van der Waals surface area contributed by atoms with Crippen molar-refractivity contribution >= 4 is 34.2 Å². The Balaban J connectivity index is 1.82. The molecule has 1 heterocycles. The molecule has 0 fully saturated rings. The molecule has 0 spiro atoms. The number of nitriles is 1. The van der Waals surface area contributed by atoms with E-state index in [-0.39, 0.29) is 10.8 Å². The van der Waals surface area contributed by atoms with Crippen molar-refractivity contribution in [3.8, 4) is 17.3 Å². The zero-order chi connectivity index (χ0) is 17.8. The molecule has 124 valence electrons. The van der Waals surface area contributed by atoms with E-state index in [0.29, 0.717) is 22.0 Å². The number of thiazole rings is 1. The summed E-state index contributed by atoms with van der Waals surface area (Å²) < 4.78 is 26.2. The first-order valence-corrected chi connectivity index (χ1v) is 8.36. The maximum absolute atomic E-state index is 13.2. The molecule has 2 aromatic carbocycles. The third-order valence-electron chi connectivity index (χ3n) is 3.30. The van der Waals surface area contributed by atoms with Crippen molar-refractivity contribution in [3.63, 3.8) is 0 Å². The SMILES string of the molecule is N#CC(=CNc1ccc(F)c(Cl)c1)c1nc(-c2ccc(F)cc2)cs1. The van der Waals surface area contributed by atoms with Gasteiger partial charge in [0.2, 0.25) is 0 Å². The molecule has 0 aliphatic heterocycles. The highest BCUT2D eigenvalue weighted by molar-refractivity contribution is 7.11. The van der Waals surface area contributed by atoms with Gasteiger partial charge in [0.25, 0.3) is 0 Å². The van der Waals surface area contributed by atoms with Gasteiger partial charge in [-0.15, -0.1) is 11.3 Å². The molecule has 0 unspecified atom stereocenters. The highest BCUT2D eigenvalue weighted by atomic mass is 35.5. The van der Waals surface area contributed by atoms with Gasteiger partial charge in [-0.1, -0.05) is 11.6 Å². The number of halogens is 3. The predicted molar refractivity (Wildman–Crippen MR) is 96.1 cm³/mol. The van der Waals surface area contributed by atoms with Crippen molar-refractivity contribution in [2.24, 2.45) is 0 Å². The molecule has 0 bridgehead atoms. The van der Waals surface area contributed by atoms with Crippen LogP contribution >= 0.6 is 22.9 Å². The van der Waals surface area contributed by atoms with Gasteiger partial charge in [-0.25, -0.2) is 13.8 Å². The Bertz CT molecular complexity index is 975. The molecule has 0 saturated carbocycles. The van der Waals surface area contributed by atoms with E-state index in [1.165, 1.54) is 47.9 Å². The van der Waals surface area contributed by atoms with E-state index in [4.69, 9.17) is 11.6 Å². The van der Waals surface area contributed by atoms with Gasteiger partial charge in [-0.05, 0) is 42.5 Å². The fraction of sp³-hybridized carbons (Fsp3) is 0. The summed E-state index contributed by atoms with van der Waals surface area (Å²) in [6.07, 6.45) is 1.48. The highest BCUT2D eigenvalue weighted by Gasteiger charge is 2.09. The third kappa shape index (κ3) is 4.02. The van der Waals surface area contributed by atoms with Gasteiger partial charge < -0.3 is 5.32 Å². The molecule has 3 nitrogen and oxygen atoms in total. The Hall–Kier alpha value is -2.75. The van der Waals surface area contributed by atoms with Crippen molar-refractivity contribution in [2.45, 2.75) is 0 Å². The number of anilines is 1. The van der Waals surface area contributed by atoms with Crippen molar-refractivity contribution in [3.05, 3.63) is 75.7 Å². The van der Waals surface area contributed by atoms with Crippen molar-refractivity contribution < 1.29 is 8.78 Å². The molecular formula is C18H10ClF2N3S. The first kappa shape index (κ1) is 17.1. The summed E-state index contributed by atoms with van der Waals surface area (Å²) in [5.74, 6) is -0.834. The van der Waals surface area contributed by atoms with Gasteiger partial charge >= 0.3 is 0 Å². The third-order valence-corrected chi connectivity index (χ3v) is 4.46. The average Bonchev–Trinajstić information content (AvgIpc) is 3.09. The van der Waals surface area contributed by atoms with E-state index in [1.807, 2.05) is 0 Å². The first-order valence-electron chi connectivity index (χ1n) is 7.10. The summed E-state index contributed by atoms with van der Waals surface area (Å²) in [6.45, 7) is 0. The van der Waals surface area contributed by atoms with Gasteiger partial charge in [-0.3, -0.25) is 0 Å². The Morgan fingerprint density at radius 3 is 2.64 bits per heavy atom. The van der Waals surface area contributed by atoms with Gasteiger partial charge in [0, 0.05) is 22.8 Å². The number of rotatable bonds is 4. The molecule has 0 aliphatic carbocycles. The second-order valence-electron chi connectivity index (χ2n) is 4.99. The summed E-state index contributed by atoms with van der Waals surface area (Å²) in [4.78, 5) is 4.40. The molecular weight excluding hydrogens is 364 g/mol. The molecule has 0 radical (unpaired) electrons. The minimum Gasteiger partial charge on any atom is -0.360 e. The Labute approximate surface area is 151 Å². The molecule has 0 amide bonds. The summed E-state index contributed by atoms with van der Waals surface area (Å²) in [6, 6.07) is 12.2. The minimum absolute atomic E-state index is 0.00949. The number of nitrogens with zero attached hydrogens (tertiary/aromatic N) is 2. The van der Waals surface area contributed by atoms with E-state index in [0.717, 1.165) is 5.56 Å². The van der Waals surface area contributed by atoms with Gasteiger partial charge in [0.15, 0.2) is 0 Å². The topological polar surface area (TPSA) is 48.7 Å². The van der Waals surface area contributed by atoms with Crippen LogP contribution in [0, 0.1) is 23.0 Å². The van der Waals surface area contributed by atoms with Crippen LogP contribution in [0.3, 0.4) is 0 Å². The minimum atomic E-state index is -0.513. The number of hydrogen-bond acceptors (Lipinski definition) is 4. The van der Waals surface area contributed by atoms with E-state index in [2.05, 4.69) is 16.4 Å². The van der Waals surface area contributed by atoms with Crippen LogP contribution in [0.2, 0.25) is 5.02 Å². The maximum atomic E-state index is 13.2. The van der Waals surface area contributed by atoms with Crippen LogP contribution in [0.25, 0.3) is 16.8 Å². The zero-order valence-corrected chi connectivity index (χ0v) is 14.2. The lowest BCUT2D eigenvalue weighted by Crippen LogP contribution is -1.92. The monoisotopic (exact) mass is 373 g/mol. The van der Waals surface area contributed by atoms with Crippen molar-refractivity contribution in [1.82, 2.24) is 4.98 Å². The molecule has 3 rings (SSSR count). The summed E-state index contributed by atoms with van der Waals surface area (Å²) in [5, 5.41) is 14.5. The van der Waals surface area contributed by atoms with E-state index < -0.39 is 5.82 Å². The lowest BCUT2D eigenvalue weighted by molar-refractivity contribution is 0.628. The molecule has 25 heavy (non-hydrogen) atoms. The van der Waals surface area contributed by atoms with Gasteiger partial charge in [-0.2, -0.15) is 5.26 Å². The maximum Gasteiger partial charge on any atom is 0.141 e. The second kappa shape index (κ2) is 7.43. The van der Waals surface area contributed by atoms with Crippen LogP contribution in [-0.2, 0) is 0 Å². The van der Waals surface area contributed by atoms with Crippen LogP contribution in [0.1, 0.15) is 5.01 Å². The zero-order valence-electron chi connectivity index (χ0n) is 12.6. The fourth-order valence-electron chi connectivity index (χ4n) is 2.03. The lowest BCUT2D eigenvalue weighted by atomic mass is 10.2. The smallest absolute Gasteiger partial charge is 0.141 e. The number of hydrogen-bond donors (Lipinski definition) is 1. The number of benzene rings is 2. The predicted octanol–water partition coefficient (Wildman–Crippen LogP) is 5.72. The van der Waals surface area contributed by atoms with Crippen LogP contribution in [0.5, 0.6) is 0 Å². The highest BCUT2D eigenvalue weighted by Crippen LogP contribution is 2.26. The first-order chi connectivity index (χ1) is 12.1. The summed E-state index contributed by atoms with van der Waals surface area (Å²) in [5.41, 5.74) is 2.29. The summed E-state index contributed by atoms with van der Waals surface area (Å²) in [7, 11) is 0. The summed E-state index contributed by atoms with van der Waals surface area (Å²) >= 11 is 7.02. The standard InChI is InChI=1S/C18H10ClF2N3S/c19-15-7-14(5-6-16(15)21)23-9-12(8-22)18-24-17(10-25-18)11-1-3-13(20)4-2-11/h1-7,9-10,23H. The van der Waals surface area contributed by atoms with E-state index in [9.17, 15) is 14.0 Å². The van der Waals surface area contributed by atoms with Crippen LogP contribution in [0.15, 0.2) is 54.0 Å². The van der Waals surface area contributed by atoms with E-state index in [1.54, 1.807) is 17.5 Å². The lowest BCUT2D eigenvalue weighted by Gasteiger charge is -2.02. The number of allylic oxidation sites excluding steroid dienone is 1. The largest absolute Gasteiger partial charge is 0.360 e. The Morgan fingerprint density at radius 1 is 1.20 bits per heavy atom.